The molecule has 1 aliphatic rings. The van der Waals surface area contributed by atoms with Crippen molar-refractivity contribution in [3.63, 3.8) is 0 Å². The molecule has 1 N–H and O–H groups in total. The van der Waals surface area contributed by atoms with Gasteiger partial charge in [0.25, 0.3) is 11.6 Å². The van der Waals surface area contributed by atoms with Crippen LogP contribution in [0.25, 0.3) is 0 Å². The Morgan fingerprint density at radius 1 is 1.43 bits per heavy atom. The molecule has 6 nitrogen and oxygen atoms in total. The summed E-state index contributed by atoms with van der Waals surface area (Å²) >= 11 is 6.05. The summed E-state index contributed by atoms with van der Waals surface area (Å²) in [6.45, 7) is 0. The van der Waals surface area contributed by atoms with E-state index in [9.17, 15) is 14.9 Å². The van der Waals surface area contributed by atoms with Crippen LogP contribution in [0.3, 0.4) is 0 Å². The number of nitro groups is 1. The number of nitro benzene ring substituents is 1. The van der Waals surface area contributed by atoms with Crippen molar-refractivity contribution in [1.29, 1.82) is 0 Å². The molecule has 114 valence electrons. The van der Waals surface area contributed by atoms with Gasteiger partial charge in [-0.3, -0.25) is 14.9 Å². The zero-order valence-corrected chi connectivity index (χ0v) is 12.8. The zero-order valence-electron chi connectivity index (χ0n) is 12.1. The lowest BCUT2D eigenvalue weighted by atomic mass is 10.1. The highest BCUT2D eigenvalue weighted by atomic mass is 35.5. The first-order valence-electron chi connectivity index (χ1n) is 6.88. The van der Waals surface area contributed by atoms with Crippen LogP contribution in [0.15, 0.2) is 12.1 Å². The second-order valence-electron chi connectivity index (χ2n) is 5.21. The van der Waals surface area contributed by atoms with E-state index in [1.54, 1.807) is 19.0 Å². The summed E-state index contributed by atoms with van der Waals surface area (Å²) in [4.78, 5) is 24.7. The molecule has 1 amide bonds. The number of amides is 1. The Balaban J connectivity index is 2.35. The van der Waals surface area contributed by atoms with E-state index in [1.165, 1.54) is 12.1 Å². The molecule has 1 aromatic rings. The first-order chi connectivity index (χ1) is 9.95. The van der Waals surface area contributed by atoms with Gasteiger partial charge in [-0.25, -0.2) is 0 Å². The monoisotopic (exact) mass is 311 g/mol. The standard InChI is InChI=1S/C14H18ClN3O3/c1-16-13-11(15)7-9(8-12(13)18(20)21)14(19)17(2)10-5-3-4-6-10/h7-8,10,16H,3-6H2,1-2H3. The van der Waals surface area contributed by atoms with E-state index in [1.807, 2.05) is 0 Å². The molecule has 0 atom stereocenters. The number of nitrogens with one attached hydrogen (secondary N) is 1. The Morgan fingerprint density at radius 2 is 2.05 bits per heavy atom. The maximum atomic E-state index is 12.5. The fourth-order valence-electron chi connectivity index (χ4n) is 2.77. The lowest BCUT2D eigenvalue weighted by Crippen LogP contribution is -2.35. The summed E-state index contributed by atoms with van der Waals surface area (Å²) in [5.41, 5.74) is 0.287. The van der Waals surface area contributed by atoms with E-state index in [-0.39, 0.29) is 33.9 Å². The van der Waals surface area contributed by atoms with Gasteiger partial charge in [-0.2, -0.15) is 0 Å². The molecular weight excluding hydrogens is 294 g/mol. The Kier molecular flexibility index (Phi) is 4.67. The summed E-state index contributed by atoms with van der Waals surface area (Å²) in [5, 5.41) is 14.0. The molecule has 0 spiro atoms. The third-order valence-electron chi connectivity index (χ3n) is 3.96. The van der Waals surface area contributed by atoms with Crippen LogP contribution in [-0.4, -0.2) is 35.9 Å². The Morgan fingerprint density at radius 3 is 2.57 bits per heavy atom. The highest BCUT2D eigenvalue weighted by molar-refractivity contribution is 6.34. The van der Waals surface area contributed by atoms with Crippen molar-refractivity contribution in [3.05, 3.63) is 32.8 Å². The normalized spacial score (nSPS) is 15.0. The van der Waals surface area contributed by atoms with Gasteiger partial charge in [-0.15, -0.1) is 0 Å². The van der Waals surface area contributed by atoms with Crippen molar-refractivity contribution >= 4 is 28.9 Å². The van der Waals surface area contributed by atoms with Gasteiger partial charge in [0.15, 0.2) is 0 Å². The smallest absolute Gasteiger partial charge is 0.294 e. The van der Waals surface area contributed by atoms with Crippen LogP contribution < -0.4 is 5.32 Å². The van der Waals surface area contributed by atoms with E-state index in [4.69, 9.17) is 11.6 Å². The molecule has 7 heteroatoms. The highest BCUT2D eigenvalue weighted by Crippen LogP contribution is 2.34. The van der Waals surface area contributed by atoms with E-state index < -0.39 is 4.92 Å². The quantitative estimate of drug-likeness (QED) is 0.683. The van der Waals surface area contributed by atoms with Crippen LogP contribution in [0.2, 0.25) is 5.02 Å². The van der Waals surface area contributed by atoms with Crippen LogP contribution in [0.1, 0.15) is 36.0 Å². The second kappa shape index (κ2) is 6.30. The van der Waals surface area contributed by atoms with Gasteiger partial charge in [0.05, 0.1) is 9.95 Å². The maximum absolute atomic E-state index is 12.5. The number of carbonyl (C=O) groups excluding carboxylic acids is 1. The van der Waals surface area contributed by atoms with Gasteiger partial charge < -0.3 is 10.2 Å². The van der Waals surface area contributed by atoms with E-state index >= 15 is 0 Å². The zero-order chi connectivity index (χ0) is 15.6. The van der Waals surface area contributed by atoms with Crippen LogP contribution in [-0.2, 0) is 0 Å². The molecule has 0 aliphatic heterocycles. The largest absolute Gasteiger partial charge is 0.381 e. The summed E-state index contributed by atoms with van der Waals surface area (Å²) in [6.07, 6.45) is 4.18. The van der Waals surface area contributed by atoms with Crippen molar-refractivity contribution < 1.29 is 9.72 Å². The molecule has 1 saturated carbocycles. The van der Waals surface area contributed by atoms with Gasteiger partial charge >= 0.3 is 0 Å². The fourth-order valence-corrected chi connectivity index (χ4v) is 3.08. The minimum absolute atomic E-state index is 0.176. The number of hydrogen-bond donors (Lipinski definition) is 1. The average molecular weight is 312 g/mol. The fraction of sp³-hybridized carbons (Fsp3) is 0.500. The Labute approximate surface area is 128 Å². The van der Waals surface area contributed by atoms with E-state index in [0.29, 0.717) is 0 Å². The van der Waals surface area contributed by atoms with E-state index in [0.717, 1.165) is 25.7 Å². The number of nitrogens with zero attached hydrogens (tertiary/aromatic N) is 2. The molecule has 0 saturated heterocycles. The highest BCUT2D eigenvalue weighted by Gasteiger charge is 2.27. The van der Waals surface area contributed by atoms with Gasteiger partial charge in [-0.1, -0.05) is 24.4 Å². The predicted octanol–water partition coefficient (Wildman–Crippen LogP) is 3.30. The number of halogens is 1. The van der Waals surface area contributed by atoms with Gasteiger partial charge in [0.2, 0.25) is 0 Å². The Bertz CT molecular complexity index is 571. The third-order valence-corrected chi connectivity index (χ3v) is 4.25. The van der Waals surface area contributed by atoms with Gasteiger partial charge in [0.1, 0.15) is 5.69 Å². The average Bonchev–Trinajstić information content (AvgIpc) is 2.98. The number of hydrogen-bond acceptors (Lipinski definition) is 4. The minimum Gasteiger partial charge on any atom is -0.381 e. The first-order valence-corrected chi connectivity index (χ1v) is 7.26. The molecule has 0 heterocycles. The van der Waals surface area contributed by atoms with Crippen molar-refractivity contribution in [2.24, 2.45) is 0 Å². The van der Waals surface area contributed by atoms with Crippen molar-refractivity contribution in [1.82, 2.24) is 4.90 Å². The summed E-state index contributed by atoms with van der Waals surface area (Å²) in [6, 6.07) is 2.97. The molecule has 0 unspecified atom stereocenters. The molecule has 21 heavy (non-hydrogen) atoms. The SMILES string of the molecule is CNc1c(Cl)cc(C(=O)N(C)C2CCCC2)cc1[N+](=O)[O-]. The second-order valence-corrected chi connectivity index (χ2v) is 5.62. The molecule has 0 radical (unpaired) electrons. The summed E-state index contributed by atoms with van der Waals surface area (Å²) in [7, 11) is 3.30. The van der Waals surface area contributed by atoms with Crippen molar-refractivity contribution in [2.75, 3.05) is 19.4 Å². The van der Waals surface area contributed by atoms with E-state index in [2.05, 4.69) is 5.32 Å². The first kappa shape index (κ1) is 15.6. The summed E-state index contributed by atoms with van der Waals surface area (Å²) < 4.78 is 0. The number of benzene rings is 1. The van der Waals surface area contributed by atoms with Crippen molar-refractivity contribution in [2.45, 2.75) is 31.7 Å². The topological polar surface area (TPSA) is 75.5 Å². The van der Waals surface area contributed by atoms with Crippen molar-refractivity contribution in [3.8, 4) is 0 Å². The molecule has 0 aromatic heterocycles. The maximum Gasteiger partial charge on any atom is 0.294 e. The Hall–Kier alpha value is -1.82. The number of carbonyl (C=O) groups is 1. The minimum atomic E-state index is -0.538. The summed E-state index contributed by atoms with van der Waals surface area (Å²) in [5.74, 6) is -0.227. The van der Waals surface area contributed by atoms with Gasteiger partial charge in [0, 0.05) is 31.8 Å². The number of anilines is 1. The van der Waals surface area contributed by atoms with Gasteiger partial charge in [-0.05, 0) is 18.9 Å². The van der Waals surface area contributed by atoms with Crippen LogP contribution >= 0.6 is 11.6 Å². The molecule has 0 bridgehead atoms. The van der Waals surface area contributed by atoms with Crippen LogP contribution in [0.5, 0.6) is 0 Å². The predicted molar refractivity (Wildman–Crippen MR) is 82.0 cm³/mol. The molecule has 1 fully saturated rings. The molecule has 1 aliphatic carbocycles. The van der Waals surface area contributed by atoms with Crippen LogP contribution in [0.4, 0.5) is 11.4 Å². The molecule has 2 rings (SSSR count). The lowest BCUT2D eigenvalue weighted by molar-refractivity contribution is -0.384. The van der Waals surface area contributed by atoms with Crippen LogP contribution in [0, 0.1) is 10.1 Å². The number of rotatable bonds is 4. The molecule has 1 aromatic carbocycles. The molecular formula is C14H18ClN3O3. The third kappa shape index (κ3) is 3.10. The lowest BCUT2D eigenvalue weighted by Gasteiger charge is -2.24.